The van der Waals surface area contributed by atoms with Crippen LogP contribution in [0.5, 0.6) is 0 Å². The number of rotatable bonds is 6. The number of hydrogen-bond donors (Lipinski definition) is 2. The quantitative estimate of drug-likeness (QED) is 0.852. The first kappa shape index (κ1) is 17.0. The van der Waals surface area contributed by atoms with Gasteiger partial charge in [-0.3, -0.25) is 9.52 Å². The highest BCUT2D eigenvalue weighted by Crippen LogP contribution is 2.14. The number of hydrogen-bond acceptors (Lipinski definition) is 3. The van der Waals surface area contributed by atoms with Crippen molar-refractivity contribution in [1.82, 2.24) is 0 Å². The Morgan fingerprint density at radius 1 is 0.913 bits per heavy atom. The number of amides is 1. The summed E-state index contributed by atoms with van der Waals surface area (Å²) in [5.41, 5.74) is 2.83. The molecule has 0 aliphatic carbocycles. The van der Waals surface area contributed by atoms with Gasteiger partial charge in [0.15, 0.2) is 0 Å². The van der Waals surface area contributed by atoms with Gasteiger partial charge in [0.05, 0.1) is 5.75 Å². The van der Waals surface area contributed by atoms with Crippen LogP contribution >= 0.6 is 0 Å². The van der Waals surface area contributed by atoms with Crippen LogP contribution in [0.2, 0.25) is 0 Å². The van der Waals surface area contributed by atoms with Gasteiger partial charge < -0.3 is 5.32 Å². The van der Waals surface area contributed by atoms with E-state index < -0.39 is 10.0 Å². The molecule has 23 heavy (non-hydrogen) atoms. The topological polar surface area (TPSA) is 75.3 Å². The summed E-state index contributed by atoms with van der Waals surface area (Å²) in [6, 6.07) is 14.0. The smallest absolute Gasteiger partial charge is 0.255 e. The van der Waals surface area contributed by atoms with Crippen LogP contribution < -0.4 is 10.0 Å². The van der Waals surface area contributed by atoms with Crippen molar-refractivity contribution < 1.29 is 13.2 Å². The third kappa shape index (κ3) is 4.82. The predicted octanol–water partition coefficient (Wildman–Crippen LogP) is 3.26. The Balaban J connectivity index is 2.04. The fourth-order valence-electron chi connectivity index (χ4n) is 1.97. The van der Waals surface area contributed by atoms with Crippen LogP contribution in [0.25, 0.3) is 0 Å². The summed E-state index contributed by atoms with van der Waals surface area (Å²) in [6.07, 6.45) is 0.948. The van der Waals surface area contributed by atoms with Crippen molar-refractivity contribution in [2.45, 2.75) is 20.3 Å². The SMILES string of the molecule is CCc1ccc(NC(=O)c2ccc(NS(=O)(=O)CC)cc2)cc1. The van der Waals surface area contributed by atoms with E-state index in [0.717, 1.165) is 12.1 Å². The average molecular weight is 332 g/mol. The van der Waals surface area contributed by atoms with E-state index in [2.05, 4.69) is 17.0 Å². The van der Waals surface area contributed by atoms with Gasteiger partial charge in [0.2, 0.25) is 10.0 Å². The molecule has 0 fully saturated rings. The van der Waals surface area contributed by atoms with Gasteiger partial charge in [0, 0.05) is 16.9 Å². The third-order valence-electron chi connectivity index (χ3n) is 3.42. The molecule has 122 valence electrons. The molecule has 0 radical (unpaired) electrons. The number of nitrogens with one attached hydrogen (secondary N) is 2. The standard InChI is InChI=1S/C17H20N2O3S/c1-3-13-5-9-15(10-6-13)18-17(20)14-7-11-16(12-8-14)19-23(21,22)4-2/h5-12,19H,3-4H2,1-2H3,(H,18,20). The minimum absolute atomic E-state index is 0.00297. The second kappa shape index (κ2) is 7.28. The molecule has 0 aliphatic heterocycles. The molecule has 2 aromatic carbocycles. The fourth-order valence-corrected chi connectivity index (χ4v) is 2.61. The molecule has 5 nitrogen and oxygen atoms in total. The van der Waals surface area contributed by atoms with E-state index in [1.165, 1.54) is 5.56 Å². The zero-order valence-corrected chi connectivity index (χ0v) is 14.0. The van der Waals surface area contributed by atoms with Crippen molar-refractivity contribution in [3.05, 3.63) is 59.7 Å². The molecule has 0 saturated carbocycles. The first-order valence-corrected chi connectivity index (χ1v) is 9.09. The lowest BCUT2D eigenvalue weighted by Gasteiger charge is -2.08. The summed E-state index contributed by atoms with van der Waals surface area (Å²) in [4.78, 5) is 12.2. The van der Waals surface area contributed by atoms with Crippen LogP contribution in [0, 0.1) is 0 Å². The van der Waals surface area contributed by atoms with Gasteiger partial charge in [-0.15, -0.1) is 0 Å². The minimum atomic E-state index is -3.31. The van der Waals surface area contributed by atoms with E-state index >= 15 is 0 Å². The summed E-state index contributed by atoms with van der Waals surface area (Å²) in [5, 5.41) is 2.81. The molecule has 0 heterocycles. The van der Waals surface area contributed by atoms with E-state index in [1.807, 2.05) is 24.3 Å². The van der Waals surface area contributed by atoms with Crippen molar-refractivity contribution in [2.24, 2.45) is 0 Å². The van der Waals surface area contributed by atoms with Crippen LogP contribution in [0.1, 0.15) is 29.8 Å². The van der Waals surface area contributed by atoms with Crippen molar-refractivity contribution >= 4 is 27.3 Å². The van der Waals surface area contributed by atoms with Crippen molar-refractivity contribution in [3.63, 3.8) is 0 Å². The van der Waals surface area contributed by atoms with Gasteiger partial charge in [-0.25, -0.2) is 8.42 Å². The number of carbonyl (C=O) groups is 1. The first-order valence-electron chi connectivity index (χ1n) is 7.44. The molecular formula is C17H20N2O3S. The second-order valence-corrected chi connectivity index (χ2v) is 7.10. The molecule has 0 atom stereocenters. The maximum absolute atomic E-state index is 12.2. The van der Waals surface area contributed by atoms with Crippen LogP contribution in [-0.2, 0) is 16.4 Å². The monoisotopic (exact) mass is 332 g/mol. The largest absolute Gasteiger partial charge is 0.322 e. The molecule has 0 aliphatic rings. The summed E-state index contributed by atoms with van der Waals surface area (Å²) >= 11 is 0. The minimum Gasteiger partial charge on any atom is -0.322 e. The number of anilines is 2. The summed E-state index contributed by atoms with van der Waals surface area (Å²) in [6.45, 7) is 3.63. The highest BCUT2D eigenvalue weighted by molar-refractivity contribution is 7.92. The van der Waals surface area contributed by atoms with Gasteiger partial charge in [-0.1, -0.05) is 19.1 Å². The number of carbonyl (C=O) groups excluding carboxylic acids is 1. The molecule has 0 aromatic heterocycles. The molecule has 0 unspecified atom stereocenters. The Bertz CT molecular complexity index is 766. The zero-order valence-electron chi connectivity index (χ0n) is 13.2. The van der Waals surface area contributed by atoms with Gasteiger partial charge in [-0.05, 0) is 55.3 Å². The third-order valence-corrected chi connectivity index (χ3v) is 4.73. The molecule has 0 bridgehead atoms. The predicted molar refractivity (Wildman–Crippen MR) is 93.3 cm³/mol. The highest BCUT2D eigenvalue weighted by atomic mass is 32.2. The molecule has 6 heteroatoms. The lowest BCUT2D eigenvalue weighted by Crippen LogP contribution is -2.15. The Hall–Kier alpha value is -2.34. The van der Waals surface area contributed by atoms with Gasteiger partial charge >= 0.3 is 0 Å². The lowest BCUT2D eigenvalue weighted by atomic mass is 10.1. The Morgan fingerprint density at radius 2 is 1.48 bits per heavy atom. The molecule has 0 spiro atoms. The van der Waals surface area contributed by atoms with E-state index in [4.69, 9.17) is 0 Å². The molecular weight excluding hydrogens is 312 g/mol. The van der Waals surface area contributed by atoms with Gasteiger partial charge in [-0.2, -0.15) is 0 Å². The van der Waals surface area contributed by atoms with E-state index in [1.54, 1.807) is 31.2 Å². The maximum Gasteiger partial charge on any atom is 0.255 e. The average Bonchev–Trinajstić information content (AvgIpc) is 2.56. The van der Waals surface area contributed by atoms with Crippen molar-refractivity contribution in [3.8, 4) is 0 Å². The second-order valence-electron chi connectivity index (χ2n) is 5.09. The molecule has 2 N–H and O–H groups in total. The van der Waals surface area contributed by atoms with E-state index in [0.29, 0.717) is 11.3 Å². The van der Waals surface area contributed by atoms with Gasteiger partial charge in [0.25, 0.3) is 5.91 Å². The Morgan fingerprint density at radius 3 is 2.00 bits per heavy atom. The van der Waals surface area contributed by atoms with E-state index in [9.17, 15) is 13.2 Å². The molecule has 0 saturated heterocycles. The van der Waals surface area contributed by atoms with Gasteiger partial charge in [0.1, 0.15) is 0 Å². The highest BCUT2D eigenvalue weighted by Gasteiger charge is 2.09. The lowest BCUT2D eigenvalue weighted by molar-refractivity contribution is 0.102. The fraction of sp³-hybridized carbons (Fsp3) is 0.235. The summed E-state index contributed by atoms with van der Waals surface area (Å²) < 4.78 is 25.4. The van der Waals surface area contributed by atoms with Crippen molar-refractivity contribution in [1.29, 1.82) is 0 Å². The van der Waals surface area contributed by atoms with E-state index in [-0.39, 0.29) is 11.7 Å². The Kier molecular flexibility index (Phi) is 5.39. The zero-order chi connectivity index (χ0) is 16.9. The first-order chi connectivity index (χ1) is 10.9. The molecule has 1 amide bonds. The normalized spacial score (nSPS) is 11.0. The van der Waals surface area contributed by atoms with Crippen LogP contribution in [0.15, 0.2) is 48.5 Å². The number of sulfonamides is 1. The van der Waals surface area contributed by atoms with Crippen LogP contribution in [0.3, 0.4) is 0 Å². The van der Waals surface area contributed by atoms with Crippen LogP contribution in [0.4, 0.5) is 11.4 Å². The number of aryl methyl sites for hydroxylation is 1. The molecule has 2 aromatic rings. The van der Waals surface area contributed by atoms with Crippen molar-refractivity contribution in [2.75, 3.05) is 15.8 Å². The summed E-state index contributed by atoms with van der Waals surface area (Å²) in [5.74, 6) is -0.234. The summed E-state index contributed by atoms with van der Waals surface area (Å²) in [7, 11) is -3.31. The molecule has 2 rings (SSSR count). The number of benzene rings is 2. The Labute approximate surface area is 136 Å². The maximum atomic E-state index is 12.2. The van der Waals surface area contributed by atoms with Crippen LogP contribution in [-0.4, -0.2) is 20.1 Å².